The molecular weight excluding hydrogens is 254 g/mol. The second kappa shape index (κ2) is 8.25. The summed E-state index contributed by atoms with van der Waals surface area (Å²) in [4.78, 5) is 27.5. The van der Waals surface area contributed by atoms with Crippen molar-refractivity contribution in [3.63, 3.8) is 0 Å². The topological polar surface area (TPSA) is 66.6 Å². The lowest BCUT2D eigenvalue weighted by Crippen LogP contribution is -2.40. The fourth-order valence-corrected chi connectivity index (χ4v) is 2.69. The predicted octanol–water partition coefficient (Wildman–Crippen LogP) is 1.08. The molecule has 116 valence electrons. The molecule has 1 heterocycles. The molecule has 1 rings (SSSR count). The minimum atomic E-state index is 0.0219. The Morgan fingerprint density at radius 2 is 1.85 bits per heavy atom. The highest BCUT2D eigenvalue weighted by molar-refractivity contribution is 5.84. The van der Waals surface area contributed by atoms with Gasteiger partial charge in [0.2, 0.25) is 11.8 Å². The first-order valence-electron chi connectivity index (χ1n) is 7.65. The van der Waals surface area contributed by atoms with E-state index in [-0.39, 0.29) is 24.3 Å². The first-order valence-corrected chi connectivity index (χ1v) is 7.65. The van der Waals surface area contributed by atoms with Crippen LogP contribution in [0.4, 0.5) is 0 Å². The standard InChI is InChI=1S/C15H29N3O2/c1-12(2)8-13(10-16)9-14(19)17(3)11-15(20)18-6-4-5-7-18/h12-13H,4-11,16H2,1-3H3. The van der Waals surface area contributed by atoms with Crippen LogP contribution in [0.3, 0.4) is 0 Å². The number of nitrogens with two attached hydrogens (primary N) is 1. The molecule has 20 heavy (non-hydrogen) atoms. The summed E-state index contributed by atoms with van der Waals surface area (Å²) < 4.78 is 0. The Labute approximate surface area is 122 Å². The molecule has 0 spiro atoms. The van der Waals surface area contributed by atoms with E-state index in [1.807, 2.05) is 4.90 Å². The molecule has 1 unspecified atom stereocenters. The minimum absolute atomic E-state index is 0.0219. The predicted molar refractivity (Wildman–Crippen MR) is 80.1 cm³/mol. The first kappa shape index (κ1) is 17.0. The summed E-state index contributed by atoms with van der Waals surface area (Å²) in [5.74, 6) is 0.833. The number of nitrogens with zero attached hydrogens (tertiary/aromatic N) is 2. The first-order chi connectivity index (χ1) is 9.43. The zero-order valence-corrected chi connectivity index (χ0v) is 13.1. The van der Waals surface area contributed by atoms with Gasteiger partial charge in [0, 0.05) is 26.6 Å². The fraction of sp³-hybridized carbons (Fsp3) is 0.867. The molecule has 5 nitrogen and oxygen atoms in total. The normalized spacial score (nSPS) is 16.6. The molecule has 0 aromatic rings. The van der Waals surface area contributed by atoms with Crippen LogP contribution in [-0.4, -0.2) is 54.8 Å². The second-order valence-corrected chi connectivity index (χ2v) is 6.27. The van der Waals surface area contributed by atoms with Crippen molar-refractivity contribution in [3.8, 4) is 0 Å². The molecule has 0 saturated carbocycles. The highest BCUT2D eigenvalue weighted by Crippen LogP contribution is 2.15. The summed E-state index contributed by atoms with van der Waals surface area (Å²) >= 11 is 0. The van der Waals surface area contributed by atoms with Crippen LogP contribution in [0, 0.1) is 11.8 Å². The van der Waals surface area contributed by atoms with Crippen molar-refractivity contribution in [2.75, 3.05) is 33.2 Å². The smallest absolute Gasteiger partial charge is 0.242 e. The lowest BCUT2D eigenvalue weighted by atomic mass is 9.94. The third-order valence-electron chi connectivity index (χ3n) is 3.86. The van der Waals surface area contributed by atoms with Crippen molar-refractivity contribution < 1.29 is 9.59 Å². The van der Waals surface area contributed by atoms with E-state index < -0.39 is 0 Å². The van der Waals surface area contributed by atoms with Crippen molar-refractivity contribution in [3.05, 3.63) is 0 Å². The lowest BCUT2D eigenvalue weighted by molar-refractivity contribution is -0.139. The Balaban J connectivity index is 2.39. The van der Waals surface area contributed by atoms with Crippen LogP contribution in [0.2, 0.25) is 0 Å². The van der Waals surface area contributed by atoms with Gasteiger partial charge in [-0.05, 0) is 37.6 Å². The number of likely N-dealkylation sites (N-methyl/N-ethyl adjacent to an activating group) is 1. The van der Waals surface area contributed by atoms with Gasteiger partial charge in [0.05, 0.1) is 6.54 Å². The van der Waals surface area contributed by atoms with Gasteiger partial charge < -0.3 is 15.5 Å². The van der Waals surface area contributed by atoms with Gasteiger partial charge in [-0.25, -0.2) is 0 Å². The Bertz CT molecular complexity index is 325. The molecule has 1 fully saturated rings. The van der Waals surface area contributed by atoms with Crippen LogP contribution in [0.15, 0.2) is 0 Å². The van der Waals surface area contributed by atoms with Crippen molar-refractivity contribution >= 4 is 11.8 Å². The monoisotopic (exact) mass is 283 g/mol. The summed E-state index contributed by atoms with van der Waals surface area (Å²) in [6.07, 6.45) is 3.55. The summed E-state index contributed by atoms with van der Waals surface area (Å²) in [5, 5.41) is 0. The fourth-order valence-electron chi connectivity index (χ4n) is 2.69. The summed E-state index contributed by atoms with van der Waals surface area (Å²) in [6, 6.07) is 0. The molecule has 0 aromatic heterocycles. The molecule has 0 bridgehead atoms. The van der Waals surface area contributed by atoms with Crippen LogP contribution in [0.5, 0.6) is 0 Å². The average Bonchev–Trinajstić information content (AvgIpc) is 2.90. The van der Waals surface area contributed by atoms with E-state index in [0.717, 1.165) is 32.4 Å². The molecular formula is C15H29N3O2. The molecule has 0 radical (unpaired) electrons. The van der Waals surface area contributed by atoms with Crippen molar-refractivity contribution in [1.29, 1.82) is 0 Å². The number of amides is 2. The number of hydrogen-bond acceptors (Lipinski definition) is 3. The van der Waals surface area contributed by atoms with Crippen molar-refractivity contribution in [1.82, 2.24) is 9.80 Å². The minimum Gasteiger partial charge on any atom is -0.341 e. The quantitative estimate of drug-likeness (QED) is 0.760. The van der Waals surface area contributed by atoms with Crippen LogP contribution in [0.25, 0.3) is 0 Å². The Morgan fingerprint density at radius 1 is 1.25 bits per heavy atom. The van der Waals surface area contributed by atoms with Gasteiger partial charge >= 0.3 is 0 Å². The van der Waals surface area contributed by atoms with Gasteiger partial charge in [-0.1, -0.05) is 13.8 Å². The third-order valence-corrected chi connectivity index (χ3v) is 3.86. The Kier molecular flexibility index (Phi) is 6.99. The van der Waals surface area contributed by atoms with E-state index in [0.29, 0.717) is 18.9 Å². The highest BCUT2D eigenvalue weighted by Gasteiger charge is 2.22. The zero-order chi connectivity index (χ0) is 15.1. The largest absolute Gasteiger partial charge is 0.341 e. The highest BCUT2D eigenvalue weighted by atomic mass is 16.2. The molecule has 2 amide bonds. The van der Waals surface area contributed by atoms with E-state index >= 15 is 0 Å². The molecule has 1 saturated heterocycles. The molecule has 2 N–H and O–H groups in total. The van der Waals surface area contributed by atoms with Crippen LogP contribution < -0.4 is 5.73 Å². The lowest BCUT2D eigenvalue weighted by Gasteiger charge is -2.23. The summed E-state index contributed by atoms with van der Waals surface area (Å²) in [5.41, 5.74) is 5.72. The van der Waals surface area contributed by atoms with E-state index in [1.165, 1.54) is 0 Å². The number of carbonyl (C=O) groups excluding carboxylic acids is 2. The van der Waals surface area contributed by atoms with Gasteiger partial charge in [0.25, 0.3) is 0 Å². The van der Waals surface area contributed by atoms with Gasteiger partial charge in [0.1, 0.15) is 0 Å². The van der Waals surface area contributed by atoms with Gasteiger partial charge in [-0.2, -0.15) is 0 Å². The molecule has 5 heteroatoms. The zero-order valence-electron chi connectivity index (χ0n) is 13.1. The van der Waals surface area contributed by atoms with Crippen molar-refractivity contribution in [2.24, 2.45) is 17.6 Å². The SMILES string of the molecule is CC(C)CC(CN)CC(=O)N(C)CC(=O)N1CCCC1. The van der Waals surface area contributed by atoms with Crippen molar-refractivity contribution in [2.45, 2.75) is 39.5 Å². The molecule has 0 aromatic carbocycles. The van der Waals surface area contributed by atoms with Crippen LogP contribution in [-0.2, 0) is 9.59 Å². The van der Waals surface area contributed by atoms with E-state index in [1.54, 1.807) is 11.9 Å². The number of carbonyl (C=O) groups is 2. The molecule has 1 aliphatic rings. The van der Waals surface area contributed by atoms with Crippen LogP contribution in [0.1, 0.15) is 39.5 Å². The summed E-state index contributed by atoms with van der Waals surface area (Å²) in [7, 11) is 1.71. The Morgan fingerprint density at radius 3 is 2.35 bits per heavy atom. The number of hydrogen-bond donors (Lipinski definition) is 1. The molecule has 1 aliphatic heterocycles. The maximum Gasteiger partial charge on any atom is 0.242 e. The van der Waals surface area contributed by atoms with Crippen LogP contribution >= 0.6 is 0 Å². The Hall–Kier alpha value is -1.10. The van der Waals surface area contributed by atoms with Gasteiger partial charge in [-0.15, -0.1) is 0 Å². The summed E-state index contributed by atoms with van der Waals surface area (Å²) in [6.45, 7) is 6.65. The maximum atomic E-state index is 12.1. The number of likely N-dealkylation sites (tertiary alicyclic amines) is 1. The third kappa shape index (κ3) is 5.49. The molecule has 0 aliphatic carbocycles. The van der Waals surface area contributed by atoms with Gasteiger partial charge in [-0.3, -0.25) is 9.59 Å². The second-order valence-electron chi connectivity index (χ2n) is 6.27. The number of rotatable bonds is 7. The van der Waals surface area contributed by atoms with E-state index in [9.17, 15) is 9.59 Å². The molecule has 1 atom stereocenters. The van der Waals surface area contributed by atoms with Gasteiger partial charge in [0.15, 0.2) is 0 Å². The van der Waals surface area contributed by atoms with E-state index in [2.05, 4.69) is 13.8 Å². The van der Waals surface area contributed by atoms with E-state index in [4.69, 9.17) is 5.73 Å². The average molecular weight is 283 g/mol. The maximum absolute atomic E-state index is 12.1.